The van der Waals surface area contributed by atoms with E-state index >= 15 is 0 Å². The van der Waals surface area contributed by atoms with E-state index in [0.717, 1.165) is 20.9 Å². The summed E-state index contributed by atoms with van der Waals surface area (Å²) in [6.45, 7) is 2.08. The Bertz CT molecular complexity index is 1110. The quantitative estimate of drug-likeness (QED) is 0.689. The molecule has 4 nitrogen and oxygen atoms in total. The van der Waals surface area contributed by atoms with E-state index in [4.69, 9.17) is 5.73 Å². The Kier molecular flexibility index (Phi) is 4.58. The van der Waals surface area contributed by atoms with E-state index in [1.54, 1.807) is 35.8 Å². The average Bonchev–Trinajstić information content (AvgIpc) is 3.39. The zero-order valence-electron chi connectivity index (χ0n) is 15.5. The zero-order chi connectivity index (χ0) is 19.9. The monoisotopic (exact) mass is 405 g/mol. The third kappa shape index (κ3) is 2.93. The van der Waals surface area contributed by atoms with E-state index in [1.165, 1.54) is 4.90 Å². The Hall–Kier alpha value is -2.88. The number of allylic oxidation sites excluding steroid dienone is 1. The number of thiophene rings is 2. The van der Waals surface area contributed by atoms with Crippen LogP contribution in [0.5, 0.6) is 0 Å². The molecule has 140 valence electrons. The number of nitriles is 1. The molecule has 1 unspecified atom stereocenters. The van der Waals surface area contributed by atoms with Gasteiger partial charge in [0.2, 0.25) is 5.91 Å². The second kappa shape index (κ2) is 6.93. The normalized spacial score (nSPS) is 22.0. The number of hydrogen-bond acceptors (Lipinski definition) is 5. The molecule has 0 radical (unpaired) electrons. The molecule has 2 atom stereocenters. The number of carbonyl (C=O) groups excluding carboxylic acids is 1. The third-order valence-corrected chi connectivity index (χ3v) is 7.42. The molecule has 3 aromatic rings. The first-order valence-electron chi connectivity index (χ1n) is 8.83. The van der Waals surface area contributed by atoms with Gasteiger partial charge in [-0.2, -0.15) is 5.26 Å². The molecule has 0 fully saturated rings. The van der Waals surface area contributed by atoms with Gasteiger partial charge in [0.15, 0.2) is 0 Å². The van der Waals surface area contributed by atoms with Gasteiger partial charge in [0.05, 0.1) is 17.6 Å². The zero-order valence-corrected chi connectivity index (χ0v) is 17.2. The second-order valence-corrected chi connectivity index (χ2v) is 8.98. The number of benzene rings is 1. The Morgan fingerprint density at radius 3 is 2.71 bits per heavy atom. The number of hydrogen-bond donors (Lipinski definition) is 1. The van der Waals surface area contributed by atoms with Crippen LogP contribution in [0.1, 0.15) is 28.2 Å². The molecule has 4 rings (SSSR count). The van der Waals surface area contributed by atoms with E-state index in [-0.39, 0.29) is 11.8 Å². The molecule has 0 bridgehead atoms. The highest BCUT2D eigenvalue weighted by atomic mass is 32.1. The van der Waals surface area contributed by atoms with Gasteiger partial charge < -0.3 is 10.6 Å². The largest absolute Gasteiger partial charge is 0.385 e. The van der Waals surface area contributed by atoms with Crippen LogP contribution >= 0.6 is 22.7 Å². The van der Waals surface area contributed by atoms with Crippen molar-refractivity contribution in [3.63, 3.8) is 0 Å². The van der Waals surface area contributed by atoms with Crippen molar-refractivity contribution in [3.8, 4) is 17.2 Å². The topological polar surface area (TPSA) is 70.1 Å². The van der Waals surface area contributed by atoms with Gasteiger partial charge in [-0.25, -0.2) is 0 Å². The number of amides is 1. The lowest BCUT2D eigenvalue weighted by atomic mass is 9.72. The lowest BCUT2D eigenvalue weighted by Crippen LogP contribution is -2.47. The molecule has 28 heavy (non-hydrogen) atoms. The SMILES string of the molecule is CN1C(=O)C(c2cccs2)[C@@](C)(c2cc(-c3cccc(C#N)c3)cs2)C=C1N. The molecule has 0 saturated carbocycles. The predicted molar refractivity (Wildman–Crippen MR) is 114 cm³/mol. The van der Waals surface area contributed by atoms with E-state index < -0.39 is 5.41 Å². The van der Waals surface area contributed by atoms with Gasteiger partial charge in [-0.1, -0.05) is 18.2 Å². The van der Waals surface area contributed by atoms with Crippen LogP contribution in [0.4, 0.5) is 0 Å². The Morgan fingerprint density at radius 1 is 1.18 bits per heavy atom. The molecule has 1 aromatic carbocycles. The van der Waals surface area contributed by atoms with E-state index in [1.807, 2.05) is 41.8 Å². The first-order chi connectivity index (χ1) is 13.4. The summed E-state index contributed by atoms with van der Waals surface area (Å²) in [4.78, 5) is 16.8. The van der Waals surface area contributed by atoms with Gasteiger partial charge in [-0.3, -0.25) is 4.79 Å². The van der Waals surface area contributed by atoms with Gasteiger partial charge in [-0.15, -0.1) is 22.7 Å². The summed E-state index contributed by atoms with van der Waals surface area (Å²) in [7, 11) is 1.72. The lowest BCUT2D eigenvalue weighted by Gasteiger charge is -2.40. The van der Waals surface area contributed by atoms with Crippen molar-refractivity contribution < 1.29 is 4.79 Å². The van der Waals surface area contributed by atoms with Gasteiger partial charge in [0, 0.05) is 22.2 Å². The van der Waals surface area contributed by atoms with Gasteiger partial charge in [-0.05, 0) is 59.2 Å². The van der Waals surface area contributed by atoms with Crippen molar-refractivity contribution in [1.29, 1.82) is 5.26 Å². The number of likely N-dealkylation sites (N-methyl/N-ethyl adjacent to an activating group) is 1. The second-order valence-electron chi connectivity index (χ2n) is 7.09. The number of carbonyl (C=O) groups is 1. The summed E-state index contributed by atoms with van der Waals surface area (Å²) in [6.07, 6.45) is 2.00. The van der Waals surface area contributed by atoms with Crippen LogP contribution in [0.2, 0.25) is 0 Å². The fourth-order valence-electron chi connectivity index (χ4n) is 3.69. The number of nitrogens with two attached hydrogens (primary N) is 1. The molecule has 2 aromatic heterocycles. The summed E-state index contributed by atoms with van der Waals surface area (Å²) in [5.74, 6) is 0.162. The molecule has 1 aliphatic rings. The maximum absolute atomic E-state index is 13.2. The highest BCUT2D eigenvalue weighted by Gasteiger charge is 2.46. The fraction of sp³-hybridized carbons (Fsp3) is 0.182. The van der Waals surface area contributed by atoms with Crippen LogP contribution in [-0.2, 0) is 10.2 Å². The molecule has 3 heterocycles. The number of rotatable bonds is 3. The van der Waals surface area contributed by atoms with Crippen LogP contribution in [0, 0.1) is 11.3 Å². The first-order valence-corrected chi connectivity index (χ1v) is 10.6. The van der Waals surface area contributed by atoms with Crippen LogP contribution in [0.3, 0.4) is 0 Å². The molecule has 1 amide bonds. The molecule has 0 aliphatic carbocycles. The highest BCUT2D eigenvalue weighted by molar-refractivity contribution is 7.11. The fourth-order valence-corrected chi connectivity index (χ4v) is 5.73. The average molecular weight is 406 g/mol. The van der Waals surface area contributed by atoms with Crippen LogP contribution < -0.4 is 5.73 Å². The minimum absolute atomic E-state index is 0.00591. The summed E-state index contributed by atoms with van der Waals surface area (Å²) in [5.41, 5.74) is 8.33. The smallest absolute Gasteiger partial charge is 0.237 e. The summed E-state index contributed by atoms with van der Waals surface area (Å²) in [6, 6.07) is 15.9. The maximum atomic E-state index is 13.2. The minimum Gasteiger partial charge on any atom is -0.385 e. The summed E-state index contributed by atoms with van der Waals surface area (Å²) in [5, 5.41) is 13.2. The van der Waals surface area contributed by atoms with E-state index in [2.05, 4.69) is 24.4 Å². The van der Waals surface area contributed by atoms with Crippen molar-refractivity contribution in [2.75, 3.05) is 7.05 Å². The lowest BCUT2D eigenvalue weighted by molar-refractivity contribution is -0.131. The van der Waals surface area contributed by atoms with Crippen LogP contribution in [-0.4, -0.2) is 17.9 Å². The minimum atomic E-state index is -0.533. The van der Waals surface area contributed by atoms with E-state index in [0.29, 0.717) is 11.4 Å². The Morgan fingerprint density at radius 2 is 2.00 bits per heavy atom. The predicted octanol–water partition coefficient (Wildman–Crippen LogP) is 4.66. The van der Waals surface area contributed by atoms with Gasteiger partial charge >= 0.3 is 0 Å². The van der Waals surface area contributed by atoms with E-state index in [9.17, 15) is 10.1 Å². The summed E-state index contributed by atoms with van der Waals surface area (Å²) >= 11 is 3.21. The van der Waals surface area contributed by atoms with Crippen molar-refractivity contribution in [3.05, 3.63) is 80.4 Å². The van der Waals surface area contributed by atoms with Crippen molar-refractivity contribution in [2.45, 2.75) is 18.3 Å². The van der Waals surface area contributed by atoms with Gasteiger partial charge in [0.1, 0.15) is 5.82 Å². The van der Waals surface area contributed by atoms with Crippen LogP contribution in [0.25, 0.3) is 11.1 Å². The van der Waals surface area contributed by atoms with Crippen LogP contribution in [0.15, 0.2) is 65.1 Å². The molecular weight excluding hydrogens is 386 g/mol. The molecule has 0 saturated heterocycles. The van der Waals surface area contributed by atoms with Crippen molar-refractivity contribution >= 4 is 28.6 Å². The highest BCUT2D eigenvalue weighted by Crippen LogP contribution is 2.48. The molecular formula is C22H19N3OS2. The first kappa shape index (κ1) is 18.5. The van der Waals surface area contributed by atoms with Crippen molar-refractivity contribution in [1.82, 2.24) is 4.90 Å². The maximum Gasteiger partial charge on any atom is 0.237 e. The van der Waals surface area contributed by atoms with Crippen molar-refractivity contribution in [2.24, 2.45) is 5.73 Å². The molecule has 6 heteroatoms. The third-order valence-electron chi connectivity index (χ3n) is 5.30. The standard InChI is InChI=1S/C22H19N3OS2/c1-22(11-19(24)25(2)21(26)20(22)17-7-4-8-27-17)18-10-16(13-28-18)15-6-3-5-14(9-15)12-23/h3-11,13,20H,24H2,1-2H3/t20?,22-/m1/s1. The molecule has 2 N–H and O–H groups in total. The summed E-state index contributed by atoms with van der Waals surface area (Å²) < 4.78 is 0. The molecule has 1 aliphatic heterocycles. The Labute approximate surface area is 172 Å². The van der Waals surface area contributed by atoms with Gasteiger partial charge in [0.25, 0.3) is 0 Å². The molecule has 0 spiro atoms. The number of nitrogens with zero attached hydrogens (tertiary/aromatic N) is 2. The Balaban J connectivity index is 1.83.